The summed E-state index contributed by atoms with van der Waals surface area (Å²) in [5.41, 5.74) is 0.867. The molecule has 5 atom stereocenters. The van der Waals surface area contributed by atoms with E-state index in [2.05, 4.69) is 0 Å². The van der Waals surface area contributed by atoms with Crippen molar-refractivity contribution in [2.24, 2.45) is 0 Å². The second-order valence-electron chi connectivity index (χ2n) is 12.4. The third-order valence-electron chi connectivity index (χ3n) is 17.0. The fraction of sp³-hybridized carbons (Fsp3) is 0.579. The van der Waals surface area contributed by atoms with Gasteiger partial charge in [-0.2, -0.15) is 0 Å². The van der Waals surface area contributed by atoms with Gasteiger partial charge in [-0.25, -0.2) is 0 Å². The molecule has 0 radical (unpaired) electrons. The summed E-state index contributed by atoms with van der Waals surface area (Å²) >= 11 is 0. The quantitative estimate of drug-likeness (QED) is 0.781. The Morgan fingerprint density at radius 2 is 1.46 bits per heavy atom. The summed E-state index contributed by atoms with van der Waals surface area (Å²) in [5.74, 6) is -2.20. The maximum absolute atomic E-state index is 12.6. The van der Waals surface area contributed by atoms with Gasteiger partial charge in [0.05, 0.1) is 0 Å². The number of benzene rings is 1. The zero-order valence-electron chi connectivity index (χ0n) is 12.6. The van der Waals surface area contributed by atoms with Gasteiger partial charge in [0.15, 0.2) is 0 Å². The van der Waals surface area contributed by atoms with Crippen molar-refractivity contribution in [3.63, 3.8) is 0 Å². The average Bonchev–Trinajstić information content (AvgIpc) is 3.49. The number of aliphatic carboxylic acids is 1. The predicted octanol–water partition coefficient (Wildman–Crippen LogP) is 4.31. The van der Waals surface area contributed by atoms with Crippen LogP contribution in [-0.2, 0) is 11.3 Å². The fourth-order valence-corrected chi connectivity index (χ4v) is 93.5. The first-order valence-corrected chi connectivity index (χ1v) is 15.3. The van der Waals surface area contributed by atoms with Gasteiger partial charge in [0.2, 0.25) is 0 Å². The van der Waals surface area contributed by atoms with Gasteiger partial charge in [-0.3, -0.25) is 0 Å². The molecule has 10 aliphatic heterocycles. The van der Waals surface area contributed by atoms with Crippen molar-refractivity contribution < 1.29 is 26.3 Å². The zero-order valence-corrected chi connectivity index (χ0v) is 13.8. The van der Waals surface area contributed by atoms with Gasteiger partial charge in [-0.05, 0) is 0 Å². The molecule has 0 aliphatic carbocycles. The molecule has 10 saturated heterocycles. The van der Waals surface area contributed by atoms with Crippen molar-refractivity contribution in [2.75, 3.05) is 0 Å². The van der Waals surface area contributed by atoms with Crippen LogP contribution in [0.15, 0.2) is 24.3 Å². The van der Waals surface area contributed by atoms with Gasteiger partial charge < -0.3 is 0 Å². The summed E-state index contributed by atoms with van der Waals surface area (Å²) in [4.78, 5) is 33.4. The molecule has 5 heteroatoms. The summed E-state index contributed by atoms with van der Waals surface area (Å²) in [5, 5.41) is 19.9. The molecule has 1 aromatic rings. The molecule has 1 spiro atoms. The molecule has 0 aromatic heterocycles. The van der Waals surface area contributed by atoms with Gasteiger partial charge >= 0.3 is 127 Å². The molecular formula is C19H16FeO4. The summed E-state index contributed by atoms with van der Waals surface area (Å²) in [6.45, 7) is -3.59. The molecule has 124 valence electrons. The van der Waals surface area contributed by atoms with Crippen LogP contribution in [0.5, 0.6) is 0 Å². The van der Waals surface area contributed by atoms with E-state index in [0.29, 0.717) is 5.56 Å². The van der Waals surface area contributed by atoms with Crippen molar-refractivity contribution in [3.05, 3.63) is 35.4 Å². The predicted molar refractivity (Wildman–Crippen MR) is 80.2 cm³/mol. The molecule has 5 unspecified atom stereocenters. The standard InChI is InChI=1S/C14H11O4.C5H5.Fe/c15-13(16)11-8-4-3-7-10(11)12(14(17)18)9-5-1-2-6-9;1-2-4-5-3-1;/h1-8,12H,(H,15,16)(H,17,18);1-5H;. The van der Waals surface area contributed by atoms with Gasteiger partial charge in [-0.15, -0.1) is 0 Å². The Balaban J connectivity index is 1.33. The minimum atomic E-state index is -3.59. The van der Waals surface area contributed by atoms with Gasteiger partial charge in [0, 0.05) is 0 Å². The van der Waals surface area contributed by atoms with E-state index in [0.717, 1.165) is 43.3 Å². The van der Waals surface area contributed by atoms with Gasteiger partial charge in [0.25, 0.3) is 0 Å². The first-order valence-electron chi connectivity index (χ1n) is 9.06. The molecule has 24 heavy (non-hydrogen) atoms. The molecule has 4 nitrogen and oxygen atoms in total. The van der Waals surface area contributed by atoms with Crippen LogP contribution in [0.25, 0.3) is 0 Å². The van der Waals surface area contributed by atoms with E-state index < -0.39 is 24.4 Å². The van der Waals surface area contributed by atoms with Gasteiger partial charge in [0.1, 0.15) is 0 Å². The Morgan fingerprint density at radius 1 is 0.917 bits per heavy atom. The van der Waals surface area contributed by atoms with Crippen LogP contribution in [0, 0.1) is 0 Å². The van der Waals surface area contributed by atoms with Gasteiger partial charge in [-0.1, -0.05) is 0 Å². The minimum absolute atomic E-state index is 0.149. The van der Waals surface area contributed by atoms with Crippen LogP contribution in [0.1, 0.15) is 21.8 Å². The van der Waals surface area contributed by atoms with Crippen LogP contribution < -0.4 is 0 Å². The van der Waals surface area contributed by atoms with E-state index in [1.807, 2.05) is 12.1 Å². The van der Waals surface area contributed by atoms with E-state index in [9.17, 15) is 19.8 Å². The number of carbonyl (C=O) groups is 2. The molecule has 2 N–H and O–H groups in total. The van der Waals surface area contributed by atoms with Crippen LogP contribution >= 0.6 is 0 Å². The van der Waals surface area contributed by atoms with Crippen molar-refractivity contribution in [1.29, 1.82) is 0 Å². The van der Waals surface area contributed by atoms with Crippen LogP contribution in [-0.4, -0.2) is 22.2 Å². The zero-order chi connectivity index (χ0) is 15.7. The Kier molecular flexibility index (Phi) is 0.421. The Bertz CT molecular complexity index is 1330. The Morgan fingerprint density at radius 3 is 1.83 bits per heavy atom. The van der Waals surface area contributed by atoms with E-state index in [4.69, 9.17) is 0 Å². The number of hydrogen-bond acceptors (Lipinski definition) is 2. The first-order chi connectivity index (χ1) is 11.3. The molecule has 1 aromatic carbocycles. The number of rotatable bonds is 4. The third kappa shape index (κ3) is 0.138. The summed E-state index contributed by atoms with van der Waals surface area (Å²) in [6, 6.07) is 6.99. The molecule has 10 aliphatic rings. The van der Waals surface area contributed by atoms with E-state index in [1.165, 1.54) is 0 Å². The molecule has 0 saturated carbocycles. The first kappa shape index (κ1) is 9.98. The number of hydrogen-bond donors (Lipinski definition) is 2. The Hall–Kier alpha value is -1.32. The maximum atomic E-state index is 12.6. The van der Waals surface area contributed by atoms with Crippen molar-refractivity contribution >= 4 is 11.9 Å². The molecule has 10 heterocycles. The molecule has 11 rings (SSSR count). The van der Waals surface area contributed by atoms with E-state index >= 15 is 0 Å². The molecule has 10 fully saturated rings. The van der Waals surface area contributed by atoms with E-state index in [-0.39, 0.29) is 9.88 Å². The SMILES string of the molecule is O=C(O)c1ccccc1C(C(=O)O)[C]12[CH]3[CH]4[CH]5[CH]1[Fe]45321678[CH]2[CH]1[CH]6[CH]7[CH]28. The topological polar surface area (TPSA) is 74.6 Å². The van der Waals surface area contributed by atoms with Crippen LogP contribution in [0.4, 0.5) is 0 Å². The second kappa shape index (κ2) is 1.01. The van der Waals surface area contributed by atoms with Crippen molar-refractivity contribution in [1.82, 2.24) is 0 Å². The fourth-order valence-electron chi connectivity index (χ4n) is 18.7. The average molecular weight is 364 g/mol. The van der Waals surface area contributed by atoms with Crippen LogP contribution in [0.3, 0.4) is 0 Å². The third-order valence-corrected chi connectivity index (χ3v) is 59.6. The monoisotopic (exact) mass is 364 g/mol. The van der Waals surface area contributed by atoms with Crippen molar-refractivity contribution in [3.8, 4) is 0 Å². The summed E-state index contributed by atoms with van der Waals surface area (Å²) in [6.07, 6.45) is 0. The summed E-state index contributed by atoms with van der Waals surface area (Å²) in [7, 11) is 0. The number of carboxylic acid groups (broad SMARTS) is 2. The normalized spacial score (nSPS) is 88.8. The second-order valence-corrected chi connectivity index (χ2v) is 36.0. The Labute approximate surface area is 127 Å². The number of fused-ring (bicyclic) bond motifs is 10. The molecule has 0 bridgehead atoms. The van der Waals surface area contributed by atoms with Crippen molar-refractivity contribution in [2.45, 2.75) is 53.6 Å². The molecule has 0 amide bonds. The number of aromatic carboxylic acids is 1. The summed E-state index contributed by atoms with van der Waals surface area (Å²) < 4.78 is 0.149. The van der Waals surface area contributed by atoms with E-state index in [1.54, 1.807) is 12.1 Å². The number of carboxylic acids is 2. The molecular weight excluding hydrogens is 348 g/mol. The van der Waals surface area contributed by atoms with Crippen LogP contribution in [0.2, 0.25) is 47.7 Å².